The van der Waals surface area contributed by atoms with Crippen molar-refractivity contribution in [3.05, 3.63) is 0 Å². The van der Waals surface area contributed by atoms with E-state index >= 15 is 0 Å². The molecule has 2 aliphatic rings. The van der Waals surface area contributed by atoms with Gasteiger partial charge in [-0.15, -0.1) is 0 Å². The Morgan fingerprint density at radius 3 is 2.23 bits per heavy atom. The normalized spacial score (nSPS) is 25.2. The van der Waals surface area contributed by atoms with Crippen LogP contribution in [0.5, 0.6) is 0 Å². The van der Waals surface area contributed by atoms with E-state index in [1.807, 2.05) is 0 Å². The van der Waals surface area contributed by atoms with Crippen molar-refractivity contribution in [3.63, 3.8) is 0 Å². The minimum absolute atomic E-state index is 0.0428. The summed E-state index contributed by atoms with van der Waals surface area (Å²) in [6, 6.07) is 0.496. The number of sulfone groups is 1. The van der Waals surface area contributed by atoms with Crippen molar-refractivity contribution in [2.45, 2.75) is 49.8 Å². The third kappa shape index (κ3) is 2.44. The van der Waals surface area contributed by atoms with Crippen LogP contribution in [0, 0.1) is 0 Å². The van der Waals surface area contributed by atoms with E-state index in [0.29, 0.717) is 6.04 Å². The Labute approximate surface area is 79.8 Å². The molecule has 0 aromatic rings. The molecule has 2 aliphatic carbocycles. The van der Waals surface area contributed by atoms with Crippen molar-refractivity contribution in [1.29, 1.82) is 0 Å². The Morgan fingerprint density at radius 2 is 1.69 bits per heavy atom. The maximum atomic E-state index is 11.7. The Hall–Kier alpha value is -0.0900. The SMILES string of the molecule is O=S(=O)(CNC1CC1)C1CCCC1. The van der Waals surface area contributed by atoms with E-state index < -0.39 is 9.84 Å². The third-order valence-electron chi connectivity index (χ3n) is 2.96. The Morgan fingerprint density at radius 1 is 1.08 bits per heavy atom. The van der Waals surface area contributed by atoms with Crippen molar-refractivity contribution >= 4 is 9.84 Å². The first kappa shape index (κ1) is 9.46. The highest BCUT2D eigenvalue weighted by Crippen LogP contribution is 2.25. The van der Waals surface area contributed by atoms with Crippen molar-refractivity contribution in [3.8, 4) is 0 Å². The average molecular weight is 203 g/mol. The first-order valence-electron chi connectivity index (χ1n) is 5.13. The maximum absolute atomic E-state index is 11.7. The number of rotatable bonds is 4. The van der Waals surface area contributed by atoms with E-state index in [-0.39, 0.29) is 11.1 Å². The molecule has 13 heavy (non-hydrogen) atoms. The average Bonchev–Trinajstić information content (AvgIpc) is 2.74. The molecule has 0 saturated heterocycles. The zero-order valence-corrected chi connectivity index (χ0v) is 8.65. The number of nitrogens with one attached hydrogen (secondary N) is 1. The minimum atomic E-state index is -2.83. The van der Waals surface area contributed by atoms with E-state index in [9.17, 15) is 8.42 Å². The van der Waals surface area contributed by atoms with Gasteiger partial charge in [0, 0.05) is 6.04 Å². The van der Waals surface area contributed by atoms with Gasteiger partial charge in [0.1, 0.15) is 0 Å². The quantitative estimate of drug-likeness (QED) is 0.743. The fourth-order valence-corrected chi connectivity index (χ4v) is 3.64. The Balaban J connectivity index is 1.85. The highest BCUT2D eigenvalue weighted by molar-refractivity contribution is 7.91. The largest absolute Gasteiger partial charge is 0.301 e. The summed E-state index contributed by atoms with van der Waals surface area (Å²) in [7, 11) is -2.83. The third-order valence-corrected chi connectivity index (χ3v) is 5.02. The van der Waals surface area contributed by atoms with Crippen LogP contribution >= 0.6 is 0 Å². The van der Waals surface area contributed by atoms with Crippen molar-refractivity contribution in [1.82, 2.24) is 5.32 Å². The number of hydrogen-bond acceptors (Lipinski definition) is 3. The van der Waals surface area contributed by atoms with Crippen molar-refractivity contribution in [2.24, 2.45) is 0 Å². The van der Waals surface area contributed by atoms with E-state index in [0.717, 1.165) is 38.5 Å². The molecule has 2 rings (SSSR count). The van der Waals surface area contributed by atoms with E-state index in [2.05, 4.69) is 5.32 Å². The van der Waals surface area contributed by atoms with Gasteiger partial charge in [-0.25, -0.2) is 8.42 Å². The van der Waals surface area contributed by atoms with Crippen LogP contribution in [0.2, 0.25) is 0 Å². The standard InChI is InChI=1S/C9H17NO2S/c11-13(12,7-10-8-5-6-8)9-3-1-2-4-9/h8-10H,1-7H2. The van der Waals surface area contributed by atoms with Gasteiger partial charge in [0.2, 0.25) is 0 Å². The zero-order chi connectivity index (χ0) is 9.31. The molecule has 0 spiro atoms. The van der Waals surface area contributed by atoms with Gasteiger partial charge in [-0.05, 0) is 25.7 Å². The maximum Gasteiger partial charge on any atom is 0.166 e. The minimum Gasteiger partial charge on any atom is -0.301 e. The van der Waals surface area contributed by atoms with Gasteiger partial charge >= 0.3 is 0 Å². The predicted octanol–water partition coefficient (Wildman–Crippen LogP) is 1.05. The van der Waals surface area contributed by atoms with Crippen molar-refractivity contribution < 1.29 is 8.42 Å². The summed E-state index contributed by atoms with van der Waals surface area (Å²) < 4.78 is 23.4. The van der Waals surface area contributed by atoms with Crippen LogP contribution < -0.4 is 5.32 Å². The molecule has 0 aliphatic heterocycles. The molecule has 0 heterocycles. The zero-order valence-electron chi connectivity index (χ0n) is 7.83. The second-order valence-electron chi connectivity index (χ2n) is 4.19. The molecule has 2 fully saturated rings. The molecule has 1 N–H and O–H groups in total. The van der Waals surface area contributed by atoms with E-state index in [1.165, 1.54) is 0 Å². The molecular weight excluding hydrogens is 186 g/mol. The molecule has 3 nitrogen and oxygen atoms in total. The second kappa shape index (κ2) is 3.58. The van der Waals surface area contributed by atoms with Crippen LogP contribution in [0.4, 0.5) is 0 Å². The molecule has 0 aromatic heterocycles. The Kier molecular flexibility index (Phi) is 2.60. The lowest BCUT2D eigenvalue weighted by Crippen LogP contribution is -2.31. The monoisotopic (exact) mass is 203 g/mol. The first-order valence-corrected chi connectivity index (χ1v) is 6.85. The van der Waals surface area contributed by atoms with Gasteiger partial charge in [0.05, 0.1) is 11.1 Å². The lowest BCUT2D eigenvalue weighted by Gasteiger charge is -2.11. The van der Waals surface area contributed by atoms with Crippen LogP contribution in [-0.2, 0) is 9.84 Å². The van der Waals surface area contributed by atoms with Gasteiger partial charge in [-0.3, -0.25) is 0 Å². The molecule has 0 amide bonds. The molecule has 0 aromatic carbocycles. The molecular formula is C9H17NO2S. The van der Waals surface area contributed by atoms with Gasteiger partial charge in [-0.1, -0.05) is 12.8 Å². The summed E-state index contributed by atoms with van der Waals surface area (Å²) in [5, 5.41) is 3.04. The van der Waals surface area contributed by atoms with Gasteiger partial charge < -0.3 is 5.32 Å². The highest BCUT2D eigenvalue weighted by Gasteiger charge is 2.30. The summed E-state index contributed by atoms with van der Waals surface area (Å²) in [6.45, 7) is 0. The fourth-order valence-electron chi connectivity index (χ4n) is 1.89. The molecule has 0 unspecified atom stereocenters. The van der Waals surface area contributed by atoms with Crippen LogP contribution in [0.1, 0.15) is 38.5 Å². The lowest BCUT2D eigenvalue weighted by molar-refractivity contribution is 0.570. The van der Waals surface area contributed by atoms with E-state index in [1.54, 1.807) is 0 Å². The molecule has 0 atom stereocenters. The van der Waals surface area contributed by atoms with Crippen LogP contribution in [-0.4, -0.2) is 25.6 Å². The van der Waals surface area contributed by atoms with Crippen LogP contribution in [0.15, 0.2) is 0 Å². The smallest absolute Gasteiger partial charge is 0.166 e. The molecule has 2 saturated carbocycles. The molecule has 4 heteroatoms. The van der Waals surface area contributed by atoms with Crippen LogP contribution in [0.25, 0.3) is 0 Å². The Bertz CT molecular complexity index is 263. The summed E-state index contributed by atoms with van der Waals surface area (Å²) >= 11 is 0. The lowest BCUT2D eigenvalue weighted by atomic mass is 10.4. The van der Waals surface area contributed by atoms with Crippen LogP contribution in [0.3, 0.4) is 0 Å². The van der Waals surface area contributed by atoms with Crippen molar-refractivity contribution in [2.75, 3.05) is 5.88 Å². The topological polar surface area (TPSA) is 46.2 Å². The fraction of sp³-hybridized carbons (Fsp3) is 1.00. The van der Waals surface area contributed by atoms with Gasteiger partial charge in [-0.2, -0.15) is 0 Å². The first-order chi connectivity index (χ1) is 6.18. The summed E-state index contributed by atoms with van der Waals surface area (Å²) in [4.78, 5) is 0. The second-order valence-corrected chi connectivity index (χ2v) is 6.47. The van der Waals surface area contributed by atoms with Gasteiger partial charge in [0.15, 0.2) is 9.84 Å². The molecule has 76 valence electrons. The summed E-state index contributed by atoms with van der Waals surface area (Å²) in [6.07, 6.45) is 6.25. The summed E-state index contributed by atoms with van der Waals surface area (Å²) in [5.74, 6) is 0.211. The highest BCUT2D eigenvalue weighted by atomic mass is 32.2. The summed E-state index contributed by atoms with van der Waals surface area (Å²) in [5.41, 5.74) is 0. The van der Waals surface area contributed by atoms with E-state index in [4.69, 9.17) is 0 Å². The molecule has 0 radical (unpaired) electrons. The number of hydrogen-bond donors (Lipinski definition) is 1. The predicted molar refractivity (Wildman–Crippen MR) is 52.2 cm³/mol. The molecule has 0 bridgehead atoms. The van der Waals surface area contributed by atoms with Gasteiger partial charge in [0.25, 0.3) is 0 Å².